The van der Waals surface area contributed by atoms with Gasteiger partial charge in [-0.15, -0.1) is 0 Å². The first-order valence-corrected chi connectivity index (χ1v) is 8.35. The van der Waals surface area contributed by atoms with Gasteiger partial charge < -0.3 is 5.32 Å². The minimum Gasteiger partial charge on any atom is -0.352 e. The Hall–Kier alpha value is -1.66. The summed E-state index contributed by atoms with van der Waals surface area (Å²) < 4.78 is 0.558. The number of hydrogen-bond acceptors (Lipinski definition) is 4. The zero-order valence-electron chi connectivity index (χ0n) is 12.6. The molecule has 1 fully saturated rings. The Morgan fingerprint density at radius 2 is 2.05 bits per heavy atom. The van der Waals surface area contributed by atoms with Crippen molar-refractivity contribution in [3.05, 3.63) is 40.3 Å². The summed E-state index contributed by atoms with van der Waals surface area (Å²) in [6.45, 7) is 2.77. The lowest BCUT2D eigenvalue weighted by atomic mass is 10.1. The van der Waals surface area contributed by atoms with E-state index in [1.54, 1.807) is 25.3 Å². The summed E-state index contributed by atoms with van der Waals surface area (Å²) >= 11 is 6.38. The van der Waals surface area contributed by atoms with Crippen LogP contribution in [0.5, 0.6) is 0 Å². The molecule has 0 bridgehead atoms. The number of nitrogens with zero attached hydrogens (tertiary/aromatic N) is 1. The van der Waals surface area contributed by atoms with Crippen molar-refractivity contribution in [1.82, 2.24) is 10.2 Å². The molecule has 6 heteroatoms. The number of rotatable bonds is 5. The largest absolute Gasteiger partial charge is 0.352 e. The second kappa shape index (κ2) is 7.56. The lowest BCUT2D eigenvalue weighted by Gasteiger charge is -2.05. The van der Waals surface area contributed by atoms with Gasteiger partial charge in [0.1, 0.15) is 4.32 Å². The molecule has 22 heavy (non-hydrogen) atoms. The third kappa shape index (κ3) is 3.96. The van der Waals surface area contributed by atoms with E-state index in [2.05, 4.69) is 12.2 Å². The van der Waals surface area contributed by atoms with E-state index in [9.17, 15) is 9.59 Å². The number of amides is 2. The normalized spacial score (nSPS) is 16.5. The SMILES string of the molecule is CCCCNC(=O)c1ccc(/C=C2/SC(=S)N(C)C2=O)cc1. The van der Waals surface area contributed by atoms with Crippen molar-refractivity contribution < 1.29 is 9.59 Å². The van der Waals surface area contributed by atoms with Crippen molar-refractivity contribution in [2.24, 2.45) is 0 Å². The maximum absolute atomic E-state index is 11.9. The average molecular weight is 334 g/mol. The lowest BCUT2D eigenvalue weighted by molar-refractivity contribution is -0.121. The minimum atomic E-state index is -0.0867. The Bertz CT molecular complexity index is 624. The molecule has 1 aliphatic heterocycles. The van der Waals surface area contributed by atoms with E-state index in [4.69, 9.17) is 12.2 Å². The smallest absolute Gasteiger partial charge is 0.265 e. The molecule has 1 heterocycles. The maximum atomic E-state index is 11.9. The van der Waals surface area contributed by atoms with Gasteiger partial charge in [-0.2, -0.15) is 0 Å². The van der Waals surface area contributed by atoms with Crippen LogP contribution in [-0.2, 0) is 4.79 Å². The van der Waals surface area contributed by atoms with Gasteiger partial charge in [-0.25, -0.2) is 0 Å². The van der Waals surface area contributed by atoms with Crippen molar-refractivity contribution in [3.8, 4) is 0 Å². The van der Waals surface area contributed by atoms with Crippen LogP contribution >= 0.6 is 24.0 Å². The van der Waals surface area contributed by atoms with Crippen LogP contribution in [0.15, 0.2) is 29.2 Å². The minimum absolute atomic E-state index is 0.0696. The number of carbonyl (C=O) groups is 2. The summed E-state index contributed by atoms with van der Waals surface area (Å²) in [6.07, 6.45) is 3.82. The van der Waals surface area contributed by atoms with E-state index < -0.39 is 0 Å². The number of benzene rings is 1. The number of hydrogen-bond donors (Lipinski definition) is 1. The molecule has 2 rings (SSSR count). The van der Waals surface area contributed by atoms with Crippen LogP contribution in [0.25, 0.3) is 6.08 Å². The highest BCUT2D eigenvalue weighted by atomic mass is 32.2. The number of thioether (sulfide) groups is 1. The Morgan fingerprint density at radius 1 is 1.36 bits per heavy atom. The van der Waals surface area contributed by atoms with Gasteiger partial charge >= 0.3 is 0 Å². The van der Waals surface area contributed by atoms with Crippen molar-refractivity contribution in [3.63, 3.8) is 0 Å². The second-order valence-electron chi connectivity index (χ2n) is 4.97. The zero-order chi connectivity index (χ0) is 16.1. The predicted molar refractivity (Wildman–Crippen MR) is 94.6 cm³/mol. The summed E-state index contributed by atoms with van der Waals surface area (Å²) in [6, 6.07) is 7.19. The van der Waals surface area contributed by atoms with Crippen molar-refractivity contribution in [1.29, 1.82) is 0 Å². The first-order chi connectivity index (χ1) is 10.5. The van der Waals surface area contributed by atoms with Gasteiger partial charge in [-0.3, -0.25) is 14.5 Å². The molecule has 116 valence electrons. The summed E-state index contributed by atoms with van der Waals surface area (Å²) in [5, 5.41) is 2.87. The molecule has 0 aromatic heterocycles. The molecule has 1 saturated heterocycles. The first-order valence-electron chi connectivity index (χ1n) is 7.12. The molecule has 4 nitrogen and oxygen atoms in total. The highest BCUT2D eigenvalue weighted by molar-refractivity contribution is 8.26. The molecular formula is C16H18N2O2S2. The van der Waals surface area contributed by atoms with Crippen LogP contribution in [0.3, 0.4) is 0 Å². The van der Waals surface area contributed by atoms with Crippen LogP contribution in [0.2, 0.25) is 0 Å². The number of unbranched alkanes of at least 4 members (excludes halogenated alkanes) is 1. The number of carbonyl (C=O) groups excluding carboxylic acids is 2. The van der Waals surface area contributed by atoms with Crippen LogP contribution in [-0.4, -0.2) is 34.6 Å². The Kier molecular flexibility index (Phi) is 5.74. The second-order valence-corrected chi connectivity index (χ2v) is 6.65. The molecule has 0 unspecified atom stereocenters. The fourth-order valence-electron chi connectivity index (χ4n) is 1.91. The number of likely N-dealkylation sites (N-methyl/N-ethyl adjacent to an activating group) is 1. The van der Waals surface area contributed by atoms with E-state index >= 15 is 0 Å². The summed E-state index contributed by atoms with van der Waals surface area (Å²) in [4.78, 5) is 25.9. The lowest BCUT2D eigenvalue weighted by Crippen LogP contribution is -2.24. The monoisotopic (exact) mass is 334 g/mol. The van der Waals surface area contributed by atoms with Gasteiger partial charge in [0.05, 0.1) is 4.91 Å². The Balaban J connectivity index is 2.05. The van der Waals surface area contributed by atoms with E-state index in [0.717, 1.165) is 18.4 Å². The molecule has 1 N–H and O–H groups in total. The zero-order valence-corrected chi connectivity index (χ0v) is 14.2. The molecule has 0 aliphatic carbocycles. The van der Waals surface area contributed by atoms with Gasteiger partial charge in [-0.05, 0) is 30.2 Å². The van der Waals surface area contributed by atoms with Crippen LogP contribution in [0.1, 0.15) is 35.7 Å². The van der Waals surface area contributed by atoms with Gasteiger partial charge in [0.25, 0.3) is 11.8 Å². The van der Waals surface area contributed by atoms with E-state index in [1.807, 2.05) is 12.1 Å². The van der Waals surface area contributed by atoms with Crippen LogP contribution < -0.4 is 5.32 Å². The van der Waals surface area contributed by atoms with Gasteiger partial charge in [0.2, 0.25) is 0 Å². The van der Waals surface area contributed by atoms with Gasteiger partial charge in [-0.1, -0.05) is 49.5 Å². The van der Waals surface area contributed by atoms with Crippen LogP contribution in [0.4, 0.5) is 0 Å². The first kappa shape index (κ1) is 16.7. The molecular weight excluding hydrogens is 316 g/mol. The van der Waals surface area contributed by atoms with Gasteiger partial charge in [0.15, 0.2) is 0 Å². The van der Waals surface area contributed by atoms with E-state index in [0.29, 0.717) is 21.3 Å². The summed E-state index contributed by atoms with van der Waals surface area (Å²) in [5.74, 6) is -0.156. The topological polar surface area (TPSA) is 49.4 Å². The molecule has 0 spiro atoms. The summed E-state index contributed by atoms with van der Waals surface area (Å²) in [7, 11) is 1.67. The molecule has 2 amide bonds. The maximum Gasteiger partial charge on any atom is 0.265 e. The molecule has 1 aromatic rings. The third-order valence-corrected chi connectivity index (χ3v) is 4.76. The highest BCUT2D eigenvalue weighted by Crippen LogP contribution is 2.31. The molecule has 0 atom stereocenters. The van der Waals surface area contributed by atoms with Crippen molar-refractivity contribution in [2.75, 3.05) is 13.6 Å². The molecule has 1 aliphatic rings. The van der Waals surface area contributed by atoms with Crippen LogP contribution in [0, 0.1) is 0 Å². The van der Waals surface area contributed by atoms with E-state index in [-0.39, 0.29) is 11.8 Å². The predicted octanol–water partition coefficient (Wildman–Crippen LogP) is 3.05. The highest BCUT2D eigenvalue weighted by Gasteiger charge is 2.28. The van der Waals surface area contributed by atoms with Crippen molar-refractivity contribution >= 4 is 46.2 Å². The summed E-state index contributed by atoms with van der Waals surface area (Å²) in [5.41, 5.74) is 1.50. The fourth-order valence-corrected chi connectivity index (χ4v) is 3.09. The molecule has 0 radical (unpaired) electrons. The fraction of sp³-hybridized carbons (Fsp3) is 0.312. The van der Waals surface area contributed by atoms with E-state index in [1.165, 1.54) is 16.7 Å². The quantitative estimate of drug-likeness (QED) is 0.511. The Morgan fingerprint density at radius 3 is 2.59 bits per heavy atom. The average Bonchev–Trinajstić information content (AvgIpc) is 2.75. The number of nitrogens with one attached hydrogen (secondary N) is 1. The van der Waals surface area contributed by atoms with Crippen molar-refractivity contribution in [2.45, 2.75) is 19.8 Å². The molecule has 1 aromatic carbocycles. The molecule has 0 saturated carbocycles. The van der Waals surface area contributed by atoms with Gasteiger partial charge in [0, 0.05) is 19.2 Å². The number of thiocarbonyl (C=S) groups is 1. The standard InChI is InChI=1S/C16H18N2O2S2/c1-3-4-9-17-14(19)12-7-5-11(6-8-12)10-13-15(20)18(2)16(21)22-13/h5-8,10H,3-4,9H2,1-2H3,(H,17,19)/b13-10+. The Labute approximate surface area is 140 Å². The third-order valence-electron chi connectivity index (χ3n) is 3.27.